The van der Waals surface area contributed by atoms with E-state index in [0.29, 0.717) is 13.2 Å². The normalized spacial score (nSPS) is 16.2. The number of rotatable bonds is 8. The number of carbonyl (C=O) groups is 2. The third kappa shape index (κ3) is 5.82. The zero-order chi connectivity index (χ0) is 24.9. The van der Waals surface area contributed by atoms with E-state index in [0.717, 1.165) is 51.7 Å². The van der Waals surface area contributed by atoms with Gasteiger partial charge in [-0.25, -0.2) is 0 Å². The molecule has 0 bridgehead atoms. The Morgan fingerprint density at radius 1 is 1.11 bits per heavy atom. The van der Waals surface area contributed by atoms with Gasteiger partial charge in [-0.15, -0.1) is 0 Å². The maximum atomic E-state index is 13.6. The number of anilines is 1. The van der Waals surface area contributed by atoms with E-state index in [-0.39, 0.29) is 24.5 Å². The van der Waals surface area contributed by atoms with E-state index in [9.17, 15) is 9.59 Å². The molecule has 1 aliphatic rings. The molecule has 0 spiro atoms. The summed E-state index contributed by atoms with van der Waals surface area (Å²) in [5.41, 5.74) is 3.83. The number of hydrogen-bond acceptors (Lipinski definition) is 4. The van der Waals surface area contributed by atoms with Crippen molar-refractivity contribution in [1.82, 2.24) is 4.90 Å². The number of fused-ring (bicyclic) bond motifs is 1. The first-order valence-corrected chi connectivity index (χ1v) is 12.2. The number of carbonyl (C=O) groups excluding carboxylic acids is 2. The Hall–Kier alpha value is -3.38. The lowest BCUT2D eigenvalue weighted by molar-refractivity contribution is -0.137. The fourth-order valence-corrected chi connectivity index (χ4v) is 4.57. The van der Waals surface area contributed by atoms with Crippen LogP contribution in [0.5, 0.6) is 5.75 Å². The van der Waals surface area contributed by atoms with Gasteiger partial charge in [0, 0.05) is 18.8 Å². The summed E-state index contributed by atoms with van der Waals surface area (Å²) >= 11 is 0. The summed E-state index contributed by atoms with van der Waals surface area (Å²) in [6.45, 7) is 7.00. The molecule has 1 fully saturated rings. The predicted molar refractivity (Wildman–Crippen MR) is 139 cm³/mol. The summed E-state index contributed by atoms with van der Waals surface area (Å²) < 4.78 is 11.1. The maximum Gasteiger partial charge on any atom is 0.244 e. The second-order valence-corrected chi connectivity index (χ2v) is 9.34. The topological polar surface area (TPSA) is 67.9 Å². The minimum Gasteiger partial charge on any atom is -0.497 e. The molecule has 6 heteroatoms. The summed E-state index contributed by atoms with van der Waals surface area (Å²) in [6.07, 6.45) is 1.84. The van der Waals surface area contributed by atoms with E-state index >= 15 is 0 Å². The van der Waals surface area contributed by atoms with Crippen LogP contribution in [0.2, 0.25) is 0 Å². The number of benzene rings is 3. The van der Waals surface area contributed by atoms with Gasteiger partial charge in [-0.1, -0.05) is 36.4 Å². The third-order valence-electron chi connectivity index (χ3n) is 6.91. The lowest BCUT2D eigenvalue weighted by Crippen LogP contribution is -2.44. The number of amides is 2. The van der Waals surface area contributed by atoms with E-state index in [2.05, 4.69) is 5.32 Å². The smallest absolute Gasteiger partial charge is 0.244 e. The molecular weight excluding hydrogens is 440 g/mol. The molecule has 0 saturated carbocycles. The highest BCUT2D eigenvalue weighted by molar-refractivity contribution is 5.96. The summed E-state index contributed by atoms with van der Waals surface area (Å²) in [7, 11) is 1.65. The zero-order valence-corrected chi connectivity index (χ0v) is 21.0. The van der Waals surface area contributed by atoms with Gasteiger partial charge in [0.2, 0.25) is 11.8 Å². The molecule has 3 aromatic rings. The molecule has 4 rings (SSSR count). The molecule has 1 heterocycles. The molecular formula is C29H34N2O4. The average molecular weight is 475 g/mol. The van der Waals surface area contributed by atoms with Crippen molar-refractivity contribution in [3.63, 3.8) is 0 Å². The first-order valence-electron chi connectivity index (χ1n) is 12.2. The molecule has 1 N–H and O–H groups in total. The first-order chi connectivity index (χ1) is 16.9. The van der Waals surface area contributed by atoms with Crippen molar-refractivity contribution in [2.75, 3.05) is 32.1 Å². The summed E-state index contributed by atoms with van der Waals surface area (Å²) in [5.74, 6) is 0.121. The van der Waals surface area contributed by atoms with Gasteiger partial charge < -0.3 is 19.7 Å². The molecule has 1 saturated heterocycles. The van der Waals surface area contributed by atoms with Crippen LogP contribution in [0.4, 0.5) is 5.69 Å². The van der Waals surface area contributed by atoms with Crippen LogP contribution >= 0.6 is 0 Å². The Morgan fingerprint density at radius 3 is 2.63 bits per heavy atom. The van der Waals surface area contributed by atoms with Gasteiger partial charge in [0.05, 0.1) is 25.7 Å². The van der Waals surface area contributed by atoms with Gasteiger partial charge in [-0.05, 0) is 79.3 Å². The van der Waals surface area contributed by atoms with Crippen molar-refractivity contribution >= 4 is 28.3 Å². The molecule has 0 radical (unpaired) electrons. The fourth-order valence-electron chi connectivity index (χ4n) is 4.57. The van der Waals surface area contributed by atoms with Crippen LogP contribution in [0, 0.1) is 13.8 Å². The highest BCUT2D eigenvalue weighted by Crippen LogP contribution is 2.27. The molecule has 184 valence electrons. The van der Waals surface area contributed by atoms with Gasteiger partial charge >= 0.3 is 0 Å². The van der Waals surface area contributed by atoms with E-state index in [1.54, 1.807) is 12.0 Å². The van der Waals surface area contributed by atoms with E-state index in [4.69, 9.17) is 9.47 Å². The van der Waals surface area contributed by atoms with Crippen LogP contribution in [0.25, 0.3) is 10.8 Å². The van der Waals surface area contributed by atoms with Crippen LogP contribution in [0.1, 0.15) is 42.4 Å². The standard InChI is InChI=1S/C29H34N2O4/c1-19-7-5-9-27(20(19)2)30-28(32)18-31(17-26-8-6-14-35-26)29(33)21(3)22-10-11-24-16-25(34-4)13-12-23(24)15-22/h5,7,9-13,15-16,21,26H,6,8,14,17-18H2,1-4H3,(H,30,32)/t21-,26-/m0/s1. The quantitative estimate of drug-likeness (QED) is 0.486. The van der Waals surface area contributed by atoms with Crippen LogP contribution in [0.3, 0.4) is 0 Å². The SMILES string of the molecule is COc1ccc2cc([C@H](C)C(=O)N(CC(=O)Nc3cccc(C)c3C)C[C@@H]3CCCO3)ccc2c1. The Balaban J connectivity index is 1.53. The summed E-state index contributed by atoms with van der Waals surface area (Å²) in [4.78, 5) is 28.3. The van der Waals surface area contributed by atoms with Crippen LogP contribution in [-0.4, -0.2) is 49.6 Å². The van der Waals surface area contributed by atoms with Crippen LogP contribution in [-0.2, 0) is 14.3 Å². The Morgan fingerprint density at radius 2 is 1.89 bits per heavy atom. The van der Waals surface area contributed by atoms with Crippen molar-refractivity contribution in [1.29, 1.82) is 0 Å². The number of nitrogens with zero attached hydrogens (tertiary/aromatic N) is 1. The Labute approximate surface area is 207 Å². The highest BCUT2D eigenvalue weighted by Gasteiger charge is 2.28. The molecule has 0 aromatic heterocycles. The van der Waals surface area contributed by atoms with Crippen molar-refractivity contribution in [2.45, 2.75) is 45.6 Å². The van der Waals surface area contributed by atoms with Crippen molar-refractivity contribution in [3.8, 4) is 5.75 Å². The molecule has 6 nitrogen and oxygen atoms in total. The number of ether oxygens (including phenoxy) is 2. The van der Waals surface area contributed by atoms with Gasteiger partial charge in [0.1, 0.15) is 5.75 Å². The maximum absolute atomic E-state index is 13.6. The lowest BCUT2D eigenvalue weighted by Gasteiger charge is -2.28. The molecule has 0 unspecified atom stereocenters. The number of methoxy groups -OCH3 is 1. The molecule has 35 heavy (non-hydrogen) atoms. The van der Waals surface area contributed by atoms with E-state index in [1.807, 2.05) is 75.4 Å². The second-order valence-electron chi connectivity index (χ2n) is 9.34. The Bertz CT molecular complexity index is 1220. The molecule has 3 aromatic carbocycles. The third-order valence-corrected chi connectivity index (χ3v) is 6.91. The monoisotopic (exact) mass is 474 g/mol. The van der Waals surface area contributed by atoms with Crippen molar-refractivity contribution in [3.05, 3.63) is 71.3 Å². The van der Waals surface area contributed by atoms with Gasteiger partial charge in [0.15, 0.2) is 0 Å². The molecule has 1 aliphatic heterocycles. The van der Waals surface area contributed by atoms with Crippen LogP contribution in [0.15, 0.2) is 54.6 Å². The predicted octanol–water partition coefficient (Wildman–Crippen LogP) is 5.22. The van der Waals surface area contributed by atoms with E-state index in [1.165, 1.54) is 0 Å². The van der Waals surface area contributed by atoms with Crippen LogP contribution < -0.4 is 10.1 Å². The van der Waals surface area contributed by atoms with Gasteiger partial charge in [0.25, 0.3) is 0 Å². The largest absolute Gasteiger partial charge is 0.497 e. The molecule has 0 aliphatic carbocycles. The fraction of sp³-hybridized carbons (Fsp3) is 0.379. The van der Waals surface area contributed by atoms with E-state index < -0.39 is 5.92 Å². The average Bonchev–Trinajstić information content (AvgIpc) is 3.38. The minimum absolute atomic E-state index is 0.0127. The van der Waals surface area contributed by atoms with Crippen molar-refractivity contribution < 1.29 is 19.1 Å². The molecule has 2 amide bonds. The summed E-state index contributed by atoms with van der Waals surface area (Å²) in [5, 5.41) is 5.08. The highest BCUT2D eigenvalue weighted by atomic mass is 16.5. The summed E-state index contributed by atoms with van der Waals surface area (Å²) in [6, 6.07) is 17.7. The van der Waals surface area contributed by atoms with Gasteiger partial charge in [-0.2, -0.15) is 0 Å². The van der Waals surface area contributed by atoms with Gasteiger partial charge in [-0.3, -0.25) is 9.59 Å². The first kappa shape index (κ1) is 24.7. The zero-order valence-electron chi connectivity index (χ0n) is 21.0. The molecule has 2 atom stereocenters. The second kappa shape index (κ2) is 10.9. The minimum atomic E-state index is -0.392. The number of nitrogens with one attached hydrogen (secondary N) is 1. The number of aryl methyl sites for hydroxylation is 1. The van der Waals surface area contributed by atoms with Crippen molar-refractivity contribution in [2.24, 2.45) is 0 Å². The Kier molecular flexibility index (Phi) is 7.71. The number of hydrogen-bond donors (Lipinski definition) is 1. The lowest BCUT2D eigenvalue weighted by atomic mass is 9.96.